The van der Waals surface area contributed by atoms with E-state index in [9.17, 15) is 4.79 Å². The van der Waals surface area contributed by atoms with Gasteiger partial charge in [-0.2, -0.15) is 5.26 Å². The standard InChI is InChI=1S/C18H16N2O/c1-13-6-7-16(10-14(13)2)18(21)8-9-20-17-5-3-4-15(11-17)12-19/h3-11,20H,1-2H3/b9-8+. The highest BCUT2D eigenvalue weighted by molar-refractivity contribution is 6.04. The average Bonchev–Trinajstić information content (AvgIpc) is 2.50. The first-order valence-corrected chi connectivity index (χ1v) is 6.65. The molecule has 0 unspecified atom stereocenters. The van der Waals surface area contributed by atoms with Crippen LogP contribution in [0.3, 0.4) is 0 Å². The number of anilines is 1. The third-order valence-corrected chi connectivity index (χ3v) is 3.27. The molecule has 3 heteroatoms. The molecule has 0 aliphatic heterocycles. The number of nitriles is 1. The predicted octanol–water partition coefficient (Wildman–Crippen LogP) is 3.98. The Labute approximate surface area is 124 Å². The Kier molecular flexibility index (Phi) is 4.53. The highest BCUT2D eigenvalue weighted by Crippen LogP contribution is 2.12. The van der Waals surface area contributed by atoms with Gasteiger partial charge in [0.1, 0.15) is 0 Å². The Bertz CT molecular complexity index is 739. The van der Waals surface area contributed by atoms with E-state index in [-0.39, 0.29) is 5.78 Å². The molecule has 0 fully saturated rings. The number of hydrogen-bond acceptors (Lipinski definition) is 3. The molecule has 0 radical (unpaired) electrons. The zero-order valence-corrected chi connectivity index (χ0v) is 12.1. The fourth-order valence-electron chi connectivity index (χ4n) is 1.88. The lowest BCUT2D eigenvalue weighted by molar-refractivity contribution is 0.104. The van der Waals surface area contributed by atoms with Crippen LogP contribution in [0.2, 0.25) is 0 Å². The summed E-state index contributed by atoms with van der Waals surface area (Å²) < 4.78 is 0. The summed E-state index contributed by atoms with van der Waals surface area (Å²) in [7, 11) is 0. The van der Waals surface area contributed by atoms with Crippen LogP contribution in [0.15, 0.2) is 54.7 Å². The molecule has 1 N–H and O–H groups in total. The van der Waals surface area contributed by atoms with Gasteiger partial charge >= 0.3 is 0 Å². The predicted molar refractivity (Wildman–Crippen MR) is 84.2 cm³/mol. The second-order valence-corrected chi connectivity index (χ2v) is 4.83. The van der Waals surface area contributed by atoms with Crippen LogP contribution in [0, 0.1) is 25.2 Å². The van der Waals surface area contributed by atoms with Crippen LogP contribution in [0.4, 0.5) is 5.69 Å². The van der Waals surface area contributed by atoms with Crippen molar-refractivity contribution in [2.45, 2.75) is 13.8 Å². The van der Waals surface area contributed by atoms with Crippen molar-refractivity contribution >= 4 is 11.5 Å². The third kappa shape index (κ3) is 3.80. The molecule has 0 amide bonds. The van der Waals surface area contributed by atoms with Crippen LogP contribution in [-0.4, -0.2) is 5.78 Å². The molecule has 0 aliphatic carbocycles. The lowest BCUT2D eigenvalue weighted by atomic mass is 10.0. The Morgan fingerprint density at radius 2 is 1.95 bits per heavy atom. The van der Waals surface area contributed by atoms with E-state index < -0.39 is 0 Å². The van der Waals surface area contributed by atoms with Crippen molar-refractivity contribution in [3.63, 3.8) is 0 Å². The van der Waals surface area contributed by atoms with E-state index in [4.69, 9.17) is 5.26 Å². The van der Waals surface area contributed by atoms with Gasteiger partial charge < -0.3 is 5.32 Å². The molecule has 3 nitrogen and oxygen atoms in total. The maximum Gasteiger partial charge on any atom is 0.187 e. The fourth-order valence-corrected chi connectivity index (χ4v) is 1.88. The third-order valence-electron chi connectivity index (χ3n) is 3.27. The van der Waals surface area contributed by atoms with Crippen LogP contribution in [-0.2, 0) is 0 Å². The van der Waals surface area contributed by atoms with E-state index in [0.29, 0.717) is 11.1 Å². The number of nitrogens with zero attached hydrogens (tertiary/aromatic N) is 1. The van der Waals surface area contributed by atoms with Gasteiger partial charge in [0.15, 0.2) is 5.78 Å². The van der Waals surface area contributed by atoms with Crippen molar-refractivity contribution in [1.82, 2.24) is 0 Å². The van der Waals surface area contributed by atoms with Crippen molar-refractivity contribution in [3.8, 4) is 6.07 Å². The first kappa shape index (κ1) is 14.5. The Morgan fingerprint density at radius 1 is 1.14 bits per heavy atom. The molecule has 0 aromatic heterocycles. The van der Waals surface area contributed by atoms with Crippen LogP contribution in [0.5, 0.6) is 0 Å². The lowest BCUT2D eigenvalue weighted by Gasteiger charge is -2.03. The molecular formula is C18H16N2O. The van der Waals surface area contributed by atoms with Gasteiger partial charge in [-0.3, -0.25) is 4.79 Å². The summed E-state index contributed by atoms with van der Waals surface area (Å²) in [5.74, 6) is -0.0537. The minimum atomic E-state index is -0.0537. The average molecular weight is 276 g/mol. The molecule has 2 rings (SSSR count). The van der Waals surface area contributed by atoms with Gasteiger partial charge in [-0.25, -0.2) is 0 Å². The second kappa shape index (κ2) is 6.53. The van der Waals surface area contributed by atoms with Crippen LogP contribution >= 0.6 is 0 Å². The number of ketones is 1. The molecule has 0 spiro atoms. The number of carbonyl (C=O) groups is 1. The summed E-state index contributed by atoms with van der Waals surface area (Å²) in [6.45, 7) is 4.00. The van der Waals surface area contributed by atoms with Crippen molar-refractivity contribution in [2.75, 3.05) is 5.32 Å². The molecular weight excluding hydrogens is 260 g/mol. The number of benzene rings is 2. The number of hydrogen-bond donors (Lipinski definition) is 1. The molecule has 2 aromatic rings. The summed E-state index contributed by atoms with van der Waals surface area (Å²) in [5.41, 5.74) is 4.29. The van der Waals surface area contributed by atoms with Crippen molar-refractivity contribution in [2.24, 2.45) is 0 Å². The first-order valence-electron chi connectivity index (χ1n) is 6.65. The van der Waals surface area contributed by atoms with Gasteiger partial charge in [-0.05, 0) is 49.2 Å². The van der Waals surface area contributed by atoms with Gasteiger partial charge in [0.05, 0.1) is 11.6 Å². The number of aryl methyl sites for hydroxylation is 2. The van der Waals surface area contributed by atoms with E-state index in [0.717, 1.165) is 11.3 Å². The van der Waals surface area contributed by atoms with Gasteiger partial charge in [-0.1, -0.05) is 18.2 Å². The molecule has 2 aromatic carbocycles. The van der Waals surface area contributed by atoms with E-state index in [1.807, 2.05) is 38.1 Å². The smallest absolute Gasteiger partial charge is 0.187 e. The van der Waals surface area contributed by atoms with Gasteiger partial charge in [0.25, 0.3) is 0 Å². The molecule has 0 atom stereocenters. The van der Waals surface area contributed by atoms with E-state index in [2.05, 4.69) is 11.4 Å². The largest absolute Gasteiger partial charge is 0.362 e. The number of carbonyl (C=O) groups excluding carboxylic acids is 1. The summed E-state index contributed by atoms with van der Waals surface area (Å²) >= 11 is 0. The quantitative estimate of drug-likeness (QED) is 0.678. The van der Waals surface area contributed by atoms with Crippen molar-refractivity contribution in [3.05, 3.63) is 77.0 Å². The van der Waals surface area contributed by atoms with Crippen LogP contribution < -0.4 is 5.32 Å². The number of rotatable bonds is 4. The summed E-state index contributed by atoms with van der Waals surface area (Å²) in [6, 6.07) is 14.8. The normalized spacial score (nSPS) is 10.3. The second-order valence-electron chi connectivity index (χ2n) is 4.83. The molecule has 21 heavy (non-hydrogen) atoms. The minimum absolute atomic E-state index is 0.0537. The summed E-state index contributed by atoms with van der Waals surface area (Å²) in [6.07, 6.45) is 3.08. The van der Waals surface area contributed by atoms with E-state index >= 15 is 0 Å². The van der Waals surface area contributed by atoms with Crippen LogP contribution in [0.1, 0.15) is 27.0 Å². The van der Waals surface area contributed by atoms with Crippen LogP contribution in [0.25, 0.3) is 0 Å². The van der Waals surface area contributed by atoms with Crippen molar-refractivity contribution < 1.29 is 4.79 Å². The molecule has 104 valence electrons. The minimum Gasteiger partial charge on any atom is -0.362 e. The highest BCUT2D eigenvalue weighted by Gasteiger charge is 2.03. The molecule has 0 heterocycles. The lowest BCUT2D eigenvalue weighted by Crippen LogP contribution is -1.97. The molecule has 0 saturated heterocycles. The topological polar surface area (TPSA) is 52.9 Å². The summed E-state index contributed by atoms with van der Waals surface area (Å²) in [4.78, 5) is 12.0. The molecule has 0 saturated carbocycles. The highest BCUT2D eigenvalue weighted by atomic mass is 16.1. The van der Waals surface area contributed by atoms with Gasteiger partial charge in [0, 0.05) is 23.5 Å². The zero-order valence-electron chi connectivity index (χ0n) is 12.1. The Balaban J connectivity index is 2.05. The maximum atomic E-state index is 12.0. The van der Waals surface area contributed by atoms with Crippen molar-refractivity contribution in [1.29, 1.82) is 5.26 Å². The number of nitrogens with one attached hydrogen (secondary N) is 1. The van der Waals surface area contributed by atoms with Gasteiger partial charge in [0.2, 0.25) is 0 Å². The zero-order chi connectivity index (χ0) is 15.2. The fraction of sp³-hybridized carbons (Fsp3) is 0.111. The molecule has 0 aliphatic rings. The van der Waals surface area contributed by atoms with Gasteiger partial charge in [-0.15, -0.1) is 0 Å². The van der Waals surface area contributed by atoms with E-state index in [1.54, 1.807) is 24.4 Å². The Morgan fingerprint density at radius 3 is 2.67 bits per heavy atom. The van der Waals surface area contributed by atoms with E-state index in [1.165, 1.54) is 11.6 Å². The molecule has 0 bridgehead atoms. The SMILES string of the molecule is Cc1ccc(C(=O)/C=C/Nc2cccc(C#N)c2)cc1C. The number of allylic oxidation sites excluding steroid dienone is 1. The summed E-state index contributed by atoms with van der Waals surface area (Å²) in [5, 5.41) is 11.8. The maximum absolute atomic E-state index is 12.0. The first-order chi connectivity index (χ1) is 10.1. The Hall–Kier alpha value is -2.86. The monoisotopic (exact) mass is 276 g/mol.